The highest BCUT2D eigenvalue weighted by Gasteiger charge is 1.95. The molecule has 0 aliphatic rings. The number of hydrogen-bond donors (Lipinski definition) is 1. The first-order chi connectivity index (χ1) is 4.74. The summed E-state index contributed by atoms with van der Waals surface area (Å²) in [6, 6.07) is 0. The van der Waals surface area contributed by atoms with Gasteiger partial charge in [-0.15, -0.1) is 0 Å². The highest BCUT2D eigenvalue weighted by Crippen LogP contribution is 2.06. The average molecular weight is 139 g/mol. The molecule has 0 saturated heterocycles. The van der Waals surface area contributed by atoms with Gasteiger partial charge in [-0.1, -0.05) is 0 Å². The lowest BCUT2D eigenvalue weighted by Crippen LogP contribution is -1.97. The molecule has 0 saturated carbocycles. The number of aliphatic hydroxyl groups is 1. The van der Waals surface area contributed by atoms with Crippen LogP contribution in [-0.2, 0) is 6.54 Å². The summed E-state index contributed by atoms with van der Waals surface area (Å²) >= 11 is 0. The van der Waals surface area contributed by atoms with Gasteiger partial charge < -0.3 is 9.67 Å². The van der Waals surface area contributed by atoms with Crippen molar-refractivity contribution >= 4 is 0 Å². The molecule has 0 bridgehead atoms. The fourth-order valence-corrected chi connectivity index (χ4v) is 0.983. The molecule has 0 aromatic carbocycles. The summed E-state index contributed by atoms with van der Waals surface area (Å²) < 4.78 is 2.00. The van der Waals surface area contributed by atoms with Crippen LogP contribution in [0.4, 0.5) is 0 Å². The molecule has 1 heterocycles. The number of rotatable bonds is 2. The lowest BCUT2D eigenvalue weighted by atomic mass is 10.2. The number of nitrogens with zero attached hydrogens (tertiary/aromatic N) is 1. The molecule has 10 heavy (non-hydrogen) atoms. The van der Waals surface area contributed by atoms with Crippen LogP contribution >= 0.6 is 0 Å². The highest BCUT2D eigenvalue weighted by atomic mass is 16.3. The molecule has 0 amide bonds. The van der Waals surface area contributed by atoms with E-state index in [0.717, 1.165) is 0 Å². The van der Waals surface area contributed by atoms with Crippen molar-refractivity contribution in [3.8, 4) is 0 Å². The van der Waals surface area contributed by atoms with E-state index in [4.69, 9.17) is 5.11 Å². The van der Waals surface area contributed by atoms with Crippen LogP contribution in [-0.4, -0.2) is 16.3 Å². The maximum absolute atomic E-state index is 8.60. The highest BCUT2D eigenvalue weighted by molar-refractivity contribution is 5.20. The molecule has 2 heteroatoms. The Bertz CT molecular complexity index is 196. The normalized spacial score (nSPS) is 10.3. The van der Waals surface area contributed by atoms with Crippen molar-refractivity contribution < 1.29 is 5.11 Å². The lowest BCUT2D eigenvalue weighted by molar-refractivity contribution is 0.276. The van der Waals surface area contributed by atoms with Gasteiger partial charge in [0.2, 0.25) is 0 Å². The van der Waals surface area contributed by atoms with Crippen molar-refractivity contribution in [3.63, 3.8) is 0 Å². The molecule has 2 nitrogen and oxygen atoms in total. The molecular formula is C8H13NO. The maximum atomic E-state index is 8.60. The zero-order valence-electron chi connectivity index (χ0n) is 6.46. The Morgan fingerprint density at radius 1 is 1.30 bits per heavy atom. The van der Waals surface area contributed by atoms with E-state index >= 15 is 0 Å². The second-order valence-electron chi connectivity index (χ2n) is 2.59. The van der Waals surface area contributed by atoms with Gasteiger partial charge in [0, 0.05) is 18.9 Å². The fourth-order valence-electron chi connectivity index (χ4n) is 0.983. The van der Waals surface area contributed by atoms with E-state index < -0.39 is 0 Å². The van der Waals surface area contributed by atoms with Crippen molar-refractivity contribution in [2.24, 2.45) is 0 Å². The van der Waals surface area contributed by atoms with Crippen molar-refractivity contribution in [3.05, 3.63) is 23.5 Å². The Balaban J connectivity index is 2.77. The van der Waals surface area contributed by atoms with Crippen LogP contribution in [0.15, 0.2) is 12.4 Å². The number of aliphatic hydroxyl groups excluding tert-OH is 1. The predicted molar refractivity (Wildman–Crippen MR) is 41.0 cm³/mol. The van der Waals surface area contributed by atoms with Crippen molar-refractivity contribution in [2.75, 3.05) is 6.61 Å². The van der Waals surface area contributed by atoms with Crippen LogP contribution in [0.25, 0.3) is 0 Å². The Kier molecular flexibility index (Phi) is 2.12. The van der Waals surface area contributed by atoms with E-state index in [9.17, 15) is 0 Å². The Hall–Kier alpha value is -0.760. The van der Waals surface area contributed by atoms with Gasteiger partial charge >= 0.3 is 0 Å². The van der Waals surface area contributed by atoms with E-state index in [0.29, 0.717) is 6.54 Å². The zero-order chi connectivity index (χ0) is 7.56. The standard InChI is InChI=1S/C8H13NO/c1-7-5-9(3-4-10)6-8(7)2/h5-6,10H,3-4H2,1-2H3. The first kappa shape index (κ1) is 7.35. The van der Waals surface area contributed by atoms with E-state index in [1.807, 2.05) is 17.0 Å². The van der Waals surface area contributed by atoms with E-state index in [1.54, 1.807) is 0 Å². The van der Waals surface area contributed by atoms with Gasteiger partial charge in [0.05, 0.1) is 6.61 Å². The molecule has 0 aliphatic carbocycles. The van der Waals surface area contributed by atoms with Crippen LogP contribution in [0.1, 0.15) is 11.1 Å². The van der Waals surface area contributed by atoms with E-state index in [1.165, 1.54) is 11.1 Å². The monoisotopic (exact) mass is 139 g/mol. The van der Waals surface area contributed by atoms with Gasteiger partial charge in [0.1, 0.15) is 0 Å². The van der Waals surface area contributed by atoms with Crippen LogP contribution in [0.2, 0.25) is 0 Å². The van der Waals surface area contributed by atoms with Crippen molar-refractivity contribution in [1.82, 2.24) is 4.57 Å². The van der Waals surface area contributed by atoms with Crippen LogP contribution < -0.4 is 0 Å². The summed E-state index contributed by atoms with van der Waals surface area (Å²) in [4.78, 5) is 0. The zero-order valence-corrected chi connectivity index (χ0v) is 6.46. The first-order valence-electron chi connectivity index (χ1n) is 3.48. The predicted octanol–water partition coefficient (Wildman–Crippen LogP) is 1.10. The number of hydrogen-bond acceptors (Lipinski definition) is 1. The summed E-state index contributed by atoms with van der Waals surface area (Å²) in [6.45, 7) is 5.06. The maximum Gasteiger partial charge on any atom is 0.0610 e. The van der Waals surface area contributed by atoms with Gasteiger partial charge in [-0.25, -0.2) is 0 Å². The first-order valence-corrected chi connectivity index (χ1v) is 3.48. The third kappa shape index (κ3) is 1.39. The largest absolute Gasteiger partial charge is 0.395 e. The fraction of sp³-hybridized carbons (Fsp3) is 0.500. The summed E-state index contributed by atoms with van der Waals surface area (Å²) in [6.07, 6.45) is 4.09. The topological polar surface area (TPSA) is 25.2 Å². The molecular weight excluding hydrogens is 126 g/mol. The van der Waals surface area contributed by atoms with E-state index in [2.05, 4.69) is 13.8 Å². The van der Waals surface area contributed by atoms with Gasteiger partial charge in [-0.3, -0.25) is 0 Å². The molecule has 1 aromatic heterocycles. The average Bonchev–Trinajstić information content (AvgIpc) is 2.14. The second kappa shape index (κ2) is 2.88. The molecule has 1 N–H and O–H groups in total. The lowest BCUT2D eigenvalue weighted by Gasteiger charge is -1.95. The second-order valence-corrected chi connectivity index (χ2v) is 2.59. The van der Waals surface area contributed by atoms with Crippen LogP contribution in [0.5, 0.6) is 0 Å². The molecule has 0 radical (unpaired) electrons. The molecule has 1 rings (SSSR count). The summed E-state index contributed by atoms with van der Waals surface area (Å²) in [5.41, 5.74) is 2.57. The Morgan fingerprint density at radius 3 is 2.20 bits per heavy atom. The molecule has 0 aliphatic heterocycles. The molecule has 0 unspecified atom stereocenters. The minimum atomic E-state index is 0.216. The van der Waals surface area contributed by atoms with Crippen molar-refractivity contribution in [1.29, 1.82) is 0 Å². The van der Waals surface area contributed by atoms with Gasteiger partial charge in [0.25, 0.3) is 0 Å². The minimum absolute atomic E-state index is 0.216. The third-order valence-corrected chi connectivity index (χ3v) is 1.70. The number of aromatic nitrogens is 1. The summed E-state index contributed by atoms with van der Waals surface area (Å²) in [5, 5.41) is 8.60. The third-order valence-electron chi connectivity index (χ3n) is 1.70. The smallest absolute Gasteiger partial charge is 0.0610 e. The quantitative estimate of drug-likeness (QED) is 0.652. The molecule has 0 atom stereocenters. The summed E-state index contributed by atoms with van der Waals surface area (Å²) in [7, 11) is 0. The minimum Gasteiger partial charge on any atom is -0.395 e. The van der Waals surface area contributed by atoms with Gasteiger partial charge in [-0.05, 0) is 25.0 Å². The Morgan fingerprint density at radius 2 is 1.80 bits per heavy atom. The SMILES string of the molecule is Cc1cn(CCO)cc1C. The summed E-state index contributed by atoms with van der Waals surface area (Å²) in [5.74, 6) is 0. The molecule has 0 spiro atoms. The van der Waals surface area contributed by atoms with Crippen molar-refractivity contribution in [2.45, 2.75) is 20.4 Å². The van der Waals surface area contributed by atoms with E-state index in [-0.39, 0.29) is 6.61 Å². The van der Waals surface area contributed by atoms with Crippen LogP contribution in [0, 0.1) is 13.8 Å². The molecule has 56 valence electrons. The molecule has 1 aromatic rings. The number of aryl methyl sites for hydroxylation is 2. The van der Waals surface area contributed by atoms with Crippen LogP contribution in [0.3, 0.4) is 0 Å². The van der Waals surface area contributed by atoms with Gasteiger partial charge in [-0.2, -0.15) is 0 Å². The molecule has 0 fully saturated rings. The Labute approximate surface area is 61.1 Å². The van der Waals surface area contributed by atoms with Gasteiger partial charge in [0.15, 0.2) is 0 Å².